The summed E-state index contributed by atoms with van der Waals surface area (Å²) in [6.07, 6.45) is 0.587. The van der Waals surface area contributed by atoms with Gasteiger partial charge in [-0.3, -0.25) is 0 Å². The Kier molecular flexibility index (Phi) is 3.58. The molecule has 112 valence electrons. The van der Waals surface area contributed by atoms with Crippen LogP contribution in [-0.4, -0.2) is 11.3 Å². The van der Waals surface area contributed by atoms with Crippen LogP contribution in [0.25, 0.3) is 11.1 Å². The van der Waals surface area contributed by atoms with Crippen molar-refractivity contribution in [3.05, 3.63) is 53.1 Å². The highest BCUT2D eigenvalue weighted by Gasteiger charge is 2.14. The lowest BCUT2D eigenvalue weighted by atomic mass is 10.1. The van der Waals surface area contributed by atoms with Crippen molar-refractivity contribution in [3.63, 3.8) is 0 Å². The van der Waals surface area contributed by atoms with E-state index in [9.17, 15) is 13.6 Å². The Hall–Kier alpha value is -2.76. The maximum absolute atomic E-state index is 14.2. The van der Waals surface area contributed by atoms with Gasteiger partial charge in [0.25, 0.3) is 6.01 Å². The topological polar surface area (TPSA) is 55.1 Å². The molecule has 0 atom stereocenters. The van der Waals surface area contributed by atoms with Gasteiger partial charge in [-0.15, -0.1) is 0 Å². The Balaban J connectivity index is 2.00. The predicted molar refractivity (Wildman–Crippen MR) is 78.2 cm³/mol. The van der Waals surface area contributed by atoms with Gasteiger partial charge in [-0.05, 0) is 36.2 Å². The van der Waals surface area contributed by atoms with Crippen LogP contribution < -0.4 is 5.32 Å². The first-order valence-electron chi connectivity index (χ1n) is 6.63. The van der Waals surface area contributed by atoms with Gasteiger partial charge >= 0.3 is 0 Å². The Labute approximate surface area is 124 Å². The Bertz CT molecular complexity index is 859. The van der Waals surface area contributed by atoms with Gasteiger partial charge < -0.3 is 14.5 Å². The van der Waals surface area contributed by atoms with E-state index in [1.807, 2.05) is 0 Å². The number of fused-ring (bicyclic) bond motifs is 1. The number of rotatable bonds is 4. The summed E-state index contributed by atoms with van der Waals surface area (Å²) in [4.78, 5) is 14.6. The first-order valence-corrected chi connectivity index (χ1v) is 6.63. The van der Waals surface area contributed by atoms with Gasteiger partial charge in [-0.25, -0.2) is 8.78 Å². The van der Waals surface area contributed by atoms with Crippen LogP contribution in [0.3, 0.4) is 0 Å². The van der Waals surface area contributed by atoms with Crippen LogP contribution in [0.2, 0.25) is 0 Å². The molecule has 3 aromatic rings. The van der Waals surface area contributed by atoms with Crippen molar-refractivity contribution < 1.29 is 18.0 Å². The van der Waals surface area contributed by atoms with Crippen molar-refractivity contribution in [2.75, 3.05) is 5.32 Å². The first-order chi connectivity index (χ1) is 10.6. The molecule has 0 aliphatic heterocycles. The zero-order valence-corrected chi connectivity index (χ0v) is 11.7. The highest BCUT2D eigenvalue weighted by molar-refractivity contribution is 5.78. The lowest BCUT2D eigenvalue weighted by Crippen LogP contribution is -1.93. The van der Waals surface area contributed by atoms with Crippen molar-refractivity contribution in [2.45, 2.75) is 13.3 Å². The number of anilines is 2. The summed E-state index contributed by atoms with van der Waals surface area (Å²) in [5.41, 5.74) is 1.82. The van der Waals surface area contributed by atoms with Gasteiger partial charge in [0, 0.05) is 12.1 Å². The fourth-order valence-corrected chi connectivity index (χ4v) is 2.15. The first kappa shape index (κ1) is 14.2. The number of hydrogen-bond acceptors (Lipinski definition) is 4. The van der Waals surface area contributed by atoms with Crippen LogP contribution in [-0.2, 0) is 11.2 Å². The monoisotopic (exact) mass is 302 g/mol. The second-order valence-electron chi connectivity index (χ2n) is 4.86. The third-order valence-corrected chi connectivity index (χ3v) is 3.32. The number of carbonyl (C=O) groups is 1. The van der Waals surface area contributed by atoms with Crippen LogP contribution in [0.15, 0.2) is 34.7 Å². The molecule has 3 rings (SSSR count). The summed E-state index contributed by atoms with van der Waals surface area (Å²) >= 11 is 0. The standard InChI is InChI=1S/C16H12F2N2O2/c1-9-2-4-11(17)8-13(9)20-16-19-12-5-3-10(6-7-21)14(18)15(12)22-16/h2-5,7-8H,6H2,1H3,(H,19,20). The van der Waals surface area contributed by atoms with Crippen LogP contribution in [0.4, 0.5) is 20.5 Å². The summed E-state index contributed by atoms with van der Waals surface area (Å²) in [7, 11) is 0. The van der Waals surface area contributed by atoms with E-state index < -0.39 is 11.6 Å². The maximum atomic E-state index is 14.2. The van der Waals surface area contributed by atoms with Gasteiger partial charge in [0.05, 0.1) is 0 Å². The van der Waals surface area contributed by atoms with E-state index in [0.29, 0.717) is 17.5 Å². The molecule has 0 aliphatic rings. The largest absolute Gasteiger partial charge is 0.420 e. The number of oxazole rings is 1. The summed E-state index contributed by atoms with van der Waals surface area (Å²) < 4.78 is 32.8. The zero-order chi connectivity index (χ0) is 15.7. The van der Waals surface area contributed by atoms with Crippen molar-refractivity contribution in [3.8, 4) is 0 Å². The molecule has 0 radical (unpaired) electrons. The van der Waals surface area contributed by atoms with Gasteiger partial charge in [-0.1, -0.05) is 12.1 Å². The Morgan fingerprint density at radius 2 is 2.09 bits per heavy atom. The molecule has 4 nitrogen and oxygen atoms in total. The normalized spacial score (nSPS) is 10.9. The molecule has 0 amide bonds. The van der Waals surface area contributed by atoms with Crippen LogP contribution in [0.1, 0.15) is 11.1 Å². The lowest BCUT2D eigenvalue weighted by Gasteiger charge is -2.05. The molecule has 2 aromatic carbocycles. The molecule has 0 unspecified atom stereocenters. The molecule has 22 heavy (non-hydrogen) atoms. The minimum absolute atomic E-state index is 0.0316. The number of benzene rings is 2. The fraction of sp³-hybridized carbons (Fsp3) is 0.125. The molecule has 0 aliphatic carbocycles. The molecule has 0 saturated heterocycles. The number of halogens is 2. The van der Waals surface area contributed by atoms with E-state index in [4.69, 9.17) is 4.42 Å². The van der Waals surface area contributed by atoms with E-state index in [0.717, 1.165) is 5.56 Å². The quantitative estimate of drug-likeness (QED) is 0.743. The van der Waals surface area contributed by atoms with Gasteiger partial charge in [0.15, 0.2) is 11.4 Å². The minimum Gasteiger partial charge on any atom is -0.420 e. The molecule has 0 fully saturated rings. The van der Waals surface area contributed by atoms with Crippen molar-refractivity contribution >= 4 is 29.1 Å². The molecule has 6 heteroatoms. The highest BCUT2D eigenvalue weighted by Crippen LogP contribution is 2.27. The van der Waals surface area contributed by atoms with Gasteiger partial charge in [-0.2, -0.15) is 4.98 Å². The summed E-state index contributed by atoms with van der Waals surface area (Å²) in [6, 6.07) is 7.39. The average molecular weight is 302 g/mol. The number of aryl methyl sites for hydroxylation is 1. The summed E-state index contributed by atoms with van der Waals surface area (Å²) in [5.74, 6) is -1.01. The highest BCUT2D eigenvalue weighted by atomic mass is 19.1. The van der Waals surface area contributed by atoms with Crippen molar-refractivity contribution in [1.29, 1.82) is 0 Å². The van der Waals surface area contributed by atoms with E-state index in [2.05, 4.69) is 10.3 Å². The van der Waals surface area contributed by atoms with Crippen molar-refractivity contribution in [1.82, 2.24) is 4.98 Å². The molecule has 1 aromatic heterocycles. The number of nitrogens with zero attached hydrogens (tertiary/aromatic N) is 1. The second kappa shape index (κ2) is 5.55. The third-order valence-electron chi connectivity index (χ3n) is 3.32. The third kappa shape index (κ3) is 2.55. The lowest BCUT2D eigenvalue weighted by molar-refractivity contribution is -0.107. The molecule has 0 bridgehead atoms. The minimum atomic E-state index is -0.610. The van der Waals surface area contributed by atoms with Crippen molar-refractivity contribution in [2.24, 2.45) is 0 Å². The Morgan fingerprint density at radius 1 is 1.27 bits per heavy atom. The predicted octanol–water partition coefficient (Wildman–Crippen LogP) is 3.90. The van der Waals surface area contributed by atoms with Crippen LogP contribution in [0.5, 0.6) is 0 Å². The van der Waals surface area contributed by atoms with E-state index in [1.165, 1.54) is 18.2 Å². The van der Waals surface area contributed by atoms with E-state index >= 15 is 0 Å². The number of aldehydes is 1. The SMILES string of the molecule is Cc1ccc(F)cc1Nc1nc2ccc(CC=O)c(F)c2o1. The second-order valence-corrected chi connectivity index (χ2v) is 4.86. The van der Waals surface area contributed by atoms with E-state index in [1.54, 1.807) is 19.1 Å². The van der Waals surface area contributed by atoms with Gasteiger partial charge in [0.2, 0.25) is 0 Å². The fourth-order valence-electron chi connectivity index (χ4n) is 2.15. The van der Waals surface area contributed by atoms with Crippen LogP contribution in [0, 0.1) is 18.6 Å². The molecule has 0 spiro atoms. The maximum Gasteiger partial charge on any atom is 0.300 e. The molecule has 1 heterocycles. The zero-order valence-electron chi connectivity index (χ0n) is 11.7. The number of hydrogen-bond donors (Lipinski definition) is 1. The molecular weight excluding hydrogens is 290 g/mol. The number of carbonyl (C=O) groups excluding carboxylic acids is 1. The summed E-state index contributed by atoms with van der Waals surface area (Å²) in [5, 5.41) is 2.83. The molecular formula is C16H12F2N2O2. The summed E-state index contributed by atoms with van der Waals surface area (Å²) in [6.45, 7) is 1.80. The van der Waals surface area contributed by atoms with E-state index in [-0.39, 0.29) is 23.6 Å². The van der Waals surface area contributed by atoms with Crippen LogP contribution >= 0.6 is 0 Å². The Morgan fingerprint density at radius 3 is 2.86 bits per heavy atom. The number of aromatic nitrogens is 1. The number of nitrogens with one attached hydrogen (secondary N) is 1. The molecule has 1 N–H and O–H groups in total. The smallest absolute Gasteiger partial charge is 0.300 e. The molecule has 0 saturated carbocycles. The van der Waals surface area contributed by atoms with Gasteiger partial charge in [0.1, 0.15) is 17.6 Å². The average Bonchev–Trinajstić information content (AvgIpc) is 2.90.